The number of fused-ring (bicyclic) bond motifs is 1. The van der Waals surface area contributed by atoms with Gasteiger partial charge in [0.15, 0.2) is 23.1 Å². The van der Waals surface area contributed by atoms with E-state index in [1.807, 2.05) is 30.3 Å². The van der Waals surface area contributed by atoms with Gasteiger partial charge in [0.2, 0.25) is 0 Å². The van der Waals surface area contributed by atoms with Gasteiger partial charge in [-0.3, -0.25) is 0 Å². The number of nitrogens with one attached hydrogen (secondary N) is 1. The van der Waals surface area contributed by atoms with Gasteiger partial charge in [-0.15, -0.1) is 0 Å². The van der Waals surface area contributed by atoms with E-state index < -0.39 is 11.6 Å². The molecule has 0 aliphatic rings. The van der Waals surface area contributed by atoms with Gasteiger partial charge in [-0.25, -0.2) is 18.4 Å². The van der Waals surface area contributed by atoms with Crippen LogP contribution < -0.4 is 10.1 Å². The van der Waals surface area contributed by atoms with Crippen molar-refractivity contribution < 1.29 is 13.5 Å². The van der Waals surface area contributed by atoms with Crippen LogP contribution in [0.2, 0.25) is 0 Å². The molecule has 4 aromatic rings. The molecule has 0 fully saturated rings. The molecule has 0 spiro atoms. The Bertz CT molecular complexity index is 1160. The van der Waals surface area contributed by atoms with Crippen molar-refractivity contribution in [1.29, 1.82) is 0 Å². The van der Waals surface area contributed by atoms with Gasteiger partial charge < -0.3 is 10.1 Å². The summed E-state index contributed by atoms with van der Waals surface area (Å²) in [4.78, 5) is 4.49. The van der Waals surface area contributed by atoms with E-state index in [2.05, 4.69) is 31.3 Å². The smallest absolute Gasteiger partial charge is 0.160 e. The molecule has 0 aliphatic carbocycles. The largest absolute Gasteiger partial charge is 0.497 e. The summed E-state index contributed by atoms with van der Waals surface area (Å²) in [5, 5.41) is 8.68. The second-order valence-corrected chi connectivity index (χ2v) is 7.40. The van der Waals surface area contributed by atoms with Crippen LogP contribution in [0.5, 0.6) is 5.75 Å². The van der Waals surface area contributed by atoms with Crippen molar-refractivity contribution in [2.75, 3.05) is 12.4 Å². The number of anilines is 1. The molecule has 2 heterocycles. The first kappa shape index (κ1) is 19.3. The number of ether oxygens (including phenoxy) is 1. The molecule has 0 radical (unpaired) electrons. The first-order valence-electron chi connectivity index (χ1n) is 8.86. The minimum atomic E-state index is -0.872. The molecule has 0 saturated heterocycles. The van der Waals surface area contributed by atoms with Crippen molar-refractivity contribution in [2.24, 2.45) is 0 Å². The van der Waals surface area contributed by atoms with Gasteiger partial charge in [-0.1, -0.05) is 18.2 Å². The Hall–Kier alpha value is -3.00. The van der Waals surface area contributed by atoms with E-state index >= 15 is 0 Å². The molecule has 0 amide bonds. The summed E-state index contributed by atoms with van der Waals surface area (Å²) in [5.74, 6) is -0.332. The number of hydrogen-bond donors (Lipinski definition) is 1. The molecule has 0 aliphatic heterocycles. The lowest BCUT2D eigenvalue weighted by atomic mass is 10.2. The van der Waals surface area contributed by atoms with Crippen LogP contribution in [0.25, 0.3) is 11.0 Å². The third kappa shape index (κ3) is 4.22. The van der Waals surface area contributed by atoms with Crippen LogP contribution in [0.3, 0.4) is 0 Å². The van der Waals surface area contributed by atoms with Crippen molar-refractivity contribution in [3.8, 4) is 5.75 Å². The Morgan fingerprint density at radius 1 is 1.03 bits per heavy atom. The van der Waals surface area contributed by atoms with Crippen LogP contribution in [0, 0.1) is 11.6 Å². The molecule has 0 unspecified atom stereocenters. The molecule has 2 aromatic heterocycles. The minimum absolute atomic E-state index is 0.304. The third-order valence-corrected chi connectivity index (χ3v) is 4.92. The lowest BCUT2D eigenvalue weighted by Crippen LogP contribution is -2.05. The molecule has 8 heteroatoms. The predicted octanol–water partition coefficient (Wildman–Crippen LogP) is 5.14. The van der Waals surface area contributed by atoms with Gasteiger partial charge in [-0.05, 0) is 57.4 Å². The van der Waals surface area contributed by atoms with Gasteiger partial charge >= 0.3 is 0 Å². The zero-order valence-corrected chi connectivity index (χ0v) is 17.1. The molecular formula is C21H17BrF2N4O. The number of benzene rings is 2. The molecule has 0 saturated carbocycles. The predicted molar refractivity (Wildman–Crippen MR) is 111 cm³/mol. The van der Waals surface area contributed by atoms with E-state index in [0.29, 0.717) is 24.5 Å². The second kappa shape index (κ2) is 8.16. The Kier molecular flexibility index (Phi) is 5.44. The van der Waals surface area contributed by atoms with E-state index in [-0.39, 0.29) is 0 Å². The highest BCUT2D eigenvalue weighted by molar-refractivity contribution is 9.10. The normalized spacial score (nSPS) is 11.0. The lowest BCUT2D eigenvalue weighted by molar-refractivity contribution is 0.414. The fourth-order valence-electron chi connectivity index (χ4n) is 3.01. The number of hydrogen-bond acceptors (Lipinski definition) is 4. The Morgan fingerprint density at radius 2 is 1.79 bits per heavy atom. The first-order valence-corrected chi connectivity index (χ1v) is 9.65. The number of halogens is 3. The molecular weight excluding hydrogens is 442 g/mol. The van der Waals surface area contributed by atoms with Crippen LogP contribution in [0.4, 0.5) is 14.6 Å². The highest BCUT2D eigenvalue weighted by Gasteiger charge is 2.13. The zero-order valence-electron chi connectivity index (χ0n) is 15.5. The lowest BCUT2D eigenvalue weighted by Gasteiger charge is -2.05. The first-order chi connectivity index (χ1) is 14.0. The van der Waals surface area contributed by atoms with Crippen molar-refractivity contribution in [3.05, 3.63) is 82.0 Å². The summed E-state index contributed by atoms with van der Waals surface area (Å²) in [6.07, 6.45) is 1.72. The number of methoxy groups -OCH3 is 1. The van der Waals surface area contributed by atoms with E-state index in [1.165, 1.54) is 12.1 Å². The Balaban J connectivity index is 1.62. The number of pyridine rings is 1. The van der Waals surface area contributed by atoms with Crippen molar-refractivity contribution >= 4 is 32.8 Å². The number of nitrogens with zero attached hydrogens (tertiary/aromatic N) is 3. The SMILES string of the molecule is COc1ccc(Cn2nc(NCc3ccc(F)c(F)c3)c3cc(Br)cnc32)cc1. The van der Waals surface area contributed by atoms with Crippen molar-refractivity contribution in [2.45, 2.75) is 13.1 Å². The maximum absolute atomic E-state index is 13.5. The molecule has 148 valence electrons. The van der Waals surface area contributed by atoms with Crippen LogP contribution in [0.1, 0.15) is 11.1 Å². The topological polar surface area (TPSA) is 52.0 Å². The summed E-state index contributed by atoms with van der Waals surface area (Å²) in [6.45, 7) is 0.834. The third-order valence-electron chi connectivity index (χ3n) is 4.49. The standard InChI is InChI=1S/C21H17BrF2N4O/c1-29-16-5-2-13(3-6-16)12-28-21-17(9-15(22)11-26-21)20(27-28)25-10-14-4-7-18(23)19(24)8-14/h2-9,11H,10,12H2,1H3,(H,25,27). The minimum Gasteiger partial charge on any atom is -0.497 e. The summed E-state index contributed by atoms with van der Waals surface area (Å²) >= 11 is 3.44. The van der Waals surface area contributed by atoms with Crippen LogP contribution in [-0.4, -0.2) is 21.9 Å². The van der Waals surface area contributed by atoms with Gasteiger partial charge in [0.25, 0.3) is 0 Å². The number of aromatic nitrogens is 3. The van der Waals surface area contributed by atoms with E-state index in [1.54, 1.807) is 18.0 Å². The van der Waals surface area contributed by atoms with Gasteiger partial charge in [-0.2, -0.15) is 5.10 Å². The van der Waals surface area contributed by atoms with Crippen LogP contribution >= 0.6 is 15.9 Å². The Labute approximate surface area is 174 Å². The fourth-order valence-corrected chi connectivity index (χ4v) is 3.35. The highest BCUT2D eigenvalue weighted by atomic mass is 79.9. The number of rotatable bonds is 6. The monoisotopic (exact) mass is 458 g/mol. The molecule has 1 N–H and O–H groups in total. The van der Waals surface area contributed by atoms with E-state index in [4.69, 9.17) is 4.74 Å². The molecule has 29 heavy (non-hydrogen) atoms. The maximum Gasteiger partial charge on any atom is 0.160 e. The molecule has 4 rings (SSSR count). The summed E-state index contributed by atoms with van der Waals surface area (Å²) in [7, 11) is 1.63. The molecule has 0 atom stereocenters. The average molecular weight is 459 g/mol. The van der Waals surface area contributed by atoms with Crippen molar-refractivity contribution in [3.63, 3.8) is 0 Å². The molecule has 5 nitrogen and oxygen atoms in total. The maximum atomic E-state index is 13.5. The van der Waals surface area contributed by atoms with Gasteiger partial charge in [0.05, 0.1) is 19.0 Å². The Morgan fingerprint density at radius 3 is 2.52 bits per heavy atom. The van der Waals surface area contributed by atoms with Crippen LogP contribution in [-0.2, 0) is 13.1 Å². The van der Waals surface area contributed by atoms with Gasteiger partial charge in [0.1, 0.15) is 5.75 Å². The summed E-state index contributed by atoms with van der Waals surface area (Å²) in [6, 6.07) is 13.5. The summed E-state index contributed by atoms with van der Waals surface area (Å²) < 4.78 is 34.4. The van der Waals surface area contributed by atoms with E-state index in [9.17, 15) is 8.78 Å². The summed E-state index contributed by atoms with van der Waals surface area (Å²) in [5.41, 5.74) is 2.38. The van der Waals surface area contributed by atoms with E-state index in [0.717, 1.165) is 32.9 Å². The molecule has 2 aromatic carbocycles. The molecule has 0 bridgehead atoms. The second-order valence-electron chi connectivity index (χ2n) is 6.48. The van der Waals surface area contributed by atoms with Gasteiger partial charge in [0, 0.05) is 17.2 Å². The quantitative estimate of drug-likeness (QED) is 0.434. The van der Waals surface area contributed by atoms with Crippen molar-refractivity contribution in [1.82, 2.24) is 14.8 Å². The van der Waals surface area contributed by atoms with Crippen LogP contribution in [0.15, 0.2) is 59.2 Å². The zero-order chi connectivity index (χ0) is 20.4. The average Bonchev–Trinajstić information content (AvgIpc) is 3.06. The fraction of sp³-hybridized carbons (Fsp3) is 0.143. The highest BCUT2D eigenvalue weighted by Crippen LogP contribution is 2.26.